The number of rotatable bonds is 4. The molecular formula is C13H12ClFO3. The van der Waals surface area contributed by atoms with E-state index in [1.54, 1.807) is 12.1 Å². The van der Waals surface area contributed by atoms with Gasteiger partial charge in [0.25, 0.3) is 0 Å². The predicted octanol–water partition coefficient (Wildman–Crippen LogP) is 3.36. The molecule has 1 aromatic carbocycles. The van der Waals surface area contributed by atoms with Crippen molar-refractivity contribution in [3.05, 3.63) is 52.7 Å². The Kier molecular flexibility index (Phi) is 3.89. The van der Waals surface area contributed by atoms with Crippen LogP contribution in [0.15, 0.2) is 34.9 Å². The van der Waals surface area contributed by atoms with E-state index >= 15 is 0 Å². The van der Waals surface area contributed by atoms with Gasteiger partial charge in [0, 0.05) is 12.0 Å². The highest BCUT2D eigenvalue weighted by molar-refractivity contribution is 6.29. The van der Waals surface area contributed by atoms with Gasteiger partial charge in [-0.2, -0.15) is 0 Å². The normalized spacial score (nSPS) is 12.4. The topological polar surface area (TPSA) is 42.6 Å². The molecule has 1 heterocycles. The summed E-state index contributed by atoms with van der Waals surface area (Å²) in [6.45, 7) is 0. The van der Waals surface area contributed by atoms with Crippen LogP contribution in [0.25, 0.3) is 0 Å². The minimum atomic E-state index is -0.830. The Morgan fingerprint density at radius 1 is 1.44 bits per heavy atom. The van der Waals surface area contributed by atoms with Crippen LogP contribution in [0.3, 0.4) is 0 Å². The molecule has 2 rings (SSSR count). The summed E-state index contributed by atoms with van der Waals surface area (Å²) in [7, 11) is 1.40. The van der Waals surface area contributed by atoms with Gasteiger partial charge >= 0.3 is 0 Å². The molecule has 0 aliphatic rings. The third-order valence-corrected chi connectivity index (χ3v) is 2.96. The van der Waals surface area contributed by atoms with E-state index in [1.807, 2.05) is 0 Å². The number of hydrogen-bond donors (Lipinski definition) is 1. The minimum Gasteiger partial charge on any atom is -0.494 e. The van der Waals surface area contributed by atoms with Crippen LogP contribution in [-0.2, 0) is 6.42 Å². The van der Waals surface area contributed by atoms with Crippen LogP contribution >= 0.6 is 11.6 Å². The summed E-state index contributed by atoms with van der Waals surface area (Å²) in [5.41, 5.74) is 1.14. The van der Waals surface area contributed by atoms with E-state index in [-0.39, 0.29) is 17.4 Å². The van der Waals surface area contributed by atoms with E-state index in [4.69, 9.17) is 20.8 Å². The molecule has 0 amide bonds. The molecule has 18 heavy (non-hydrogen) atoms. The fourth-order valence-electron chi connectivity index (χ4n) is 1.71. The fraction of sp³-hybridized carbons (Fsp3) is 0.231. The van der Waals surface area contributed by atoms with Gasteiger partial charge in [-0.3, -0.25) is 0 Å². The molecule has 0 bridgehead atoms. The van der Waals surface area contributed by atoms with Gasteiger partial charge in [-0.1, -0.05) is 6.07 Å². The quantitative estimate of drug-likeness (QED) is 0.926. The van der Waals surface area contributed by atoms with Crippen LogP contribution in [0.5, 0.6) is 5.75 Å². The molecule has 0 aliphatic heterocycles. The molecule has 5 heteroatoms. The Morgan fingerprint density at radius 3 is 2.78 bits per heavy atom. The van der Waals surface area contributed by atoms with Crippen molar-refractivity contribution in [3.8, 4) is 5.75 Å². The molecule has 3 nitrogen and oxygen atoms in total. The largest absolute Gasteiger partial charge is 0.494 e. The maximum absolute atomic E-state index is 13.5. The van der Waals surface area contributed by atoms with Crippen LogP contribution < -0.4 is 4.74 Å². The van der Waals surface area contributed by atoms with Gasteiger partial charge < -0.3 is 14.3 Å². The van der Waals surface area contributed by atoms with Crippen LogP contribution in [-0.4, -0.2) is 12.2 Å². The maximum Gasteiger partial charge on any atom is 0.198 e. The molecule has 0 spiro atoms. The molecule has 1 N–H and O–H groups in total. The van der Waals surface area contributed by atoms with E-state index in [1.165, 1.54) is 25.5 Å². The molecule has 0 fully saturated rings. The Morgan fingerprint density at radius 2 is 2.22 bits per heavy atom. The first kappa shape index (κ1) is 12.9. The zero-order valence-electron chi connectivity index (χ0n) is 9.69. The second-order valence-electron chi connectivity index (χ2n) is 3.84. The van der Waals surface area contributed by atoms with Gasteiger partial charge in [0.05, 0.1) is 19.5 Å². The molecule has 0 radical (unpaired) electrons. The van der Waals surface area contributed by atoms with Gasteiger partial charge in [-0.15, -0.1) is 0 Å². The number of ether oxygens (including phenoxy) is 1. The summed E-state index contributed by atoms with van der Waals surface area (Å²) < 4.78 is 23.2. The number of benzene rings is 1. The van der Waals surface area contributed by atoms with Gasteiger partial charge in [0.1, 0.15) is 0 Å². The number of aliphatic hydroxyl groups excluding tert-OH is 1. The van der Waals surface area contributed by atoms with Crippen LogP contribution in [0.1, 0.15) is 17.2 Å². The summed E-state index contributed by atoms with van der Waals surface area (Å²) in [5, 5.41) is 10.1. The van der Waals surface area contributed by atoms with Gasteiger partial charge in [-0.05, 0) is 35.4 Å². The molecule has 1 atom stereocenters. The summed E-state index contributed by atoms with van der Waals surface area (Å²) in [6, 6.07) is 6.14. The Labute approximate surface area is 109 Å². The van der Waals surface area contributed by atoms with Gasteiger partial charge in [0.2, 0.25) is 0 Å². The average Bonchev–Trinajstić information content (AvgIpc) is 2.76. The first-order valence-electron chi connectivity index (χ1n) is 5.35. The maximum atomic E-state index is 13.5. The number of hydrogen-bond acceptors (Lipinski definition) is 3. The van der Waals surface area contributed by atoms with Crippen molar-refractivity contribution in [3.63, 3.8) is 0 Å². The van der Waals surface area contributed by atoms with E-state index in [9.17, 15) is 9.50 Å². The smallest absolute Gasteiger partial charge is 0.198 e. The van der Waals surface area contributed by atoms with E-state index < -0.39 is 11.9 Å². The second-order valence-corrected chi connectivity index (χ2v) is 4.18. The highest BCUT2D eigenvalue weighted by atomic mass is 35.5. The summed E-state index contributed by atoms with van der Waals surface area (Å²) in [5.74, 6) is -0.282. The third kappa shape index (κ3) is 2.66. The molecule has 2 aromatic rings. The molecule has 0 aliphatic carbocycles. The second kappa shape index (κ2) is 5.42. The van der Waals surface area contributed by atoms with Crippen molar-refractivity contribution in [2.75, 3.05) is 7.11 Å². The molecule has 1 unspecified atom stereocenters. The number of furan rings is 1. The molecule has 96 valence electrons. The molecule has 0 saturated carbocycles. The zero-order chi connectivity index (χ0) is 13.1. The Hall–Kier alpha value is -1.52. The lowest BCUT2D eigenvalue weighted by atomic mass is 10.0. The van der Waals surface area contributed by atoms with Crippen molar-refractivity contribution in [1.29, 1.82) is 0 Å². The highest BCUT2D eigenvalue weighted by Gasteiger charge is 2.15. The number of methoxy groups -OCH3 is 1. The highest BCUT2D eigenvalue weighted by Crippen LogP contribution is 2.27. The Bertz CT molecular complexity index is 539. The van der Waals surface area contributed by atoms with Crippen molar-refractivity contribution in [1.82, 2.24) is 0 Å². The van der Waals surface area contributed by atoms with E-state index in [0.717, 1.165) is 0 Å². The van der Waals surface area contributed by atoms with Crippen molar-refractivity contribution in [2.24, 2.45) is 0 Å². The van der Waals surface area contributed by atoms with E-state index in [2.05, 4.69) is 0 Å². The lowest BCUT2D eigenvalue weighted by Crippen LogP contribution is -2.02. The van der Waals surface area contributed by atoms with Gasteiger partial charge in [0.15, 0.2) is 16.8 Å². The predicted molar refractivity (Wildman–Crippen MR) is 65.3 cm³/mol. The van der Waals surface area contributed by atoms with Crippen LogP contribution in [0.4, 0.5) is 4.39 Å². The van der Waals surface area contributed by atoms with E-state index in [0.29, 0.717) is 11.1 Å². The molecule has 0 saturated heterocycles. The molecular weight excluding hydrogens is 259 g/mol. The number of aliphatic hydroxyl groups is 1. The van der Waals surface area contributed by atoms with Gasteiger partial charge in [-0.25, -0.2) is 4.39 Å². The zero-order valence-corrected chi connectivity index (χ0v) is 10.4. The third-order valence-electron chi connectivity index (χ3n) is 2.65. The summed E-state index contributed by atoms with van der Waals surface area (Å²) >= 11 is 5.76. The van der Waals surface area contributed by atoms with Crippen molar-refractivity contribution < 1.29 is 18.7 Å². The lowest BCUT2D eigenvalue weighted by molar-refractivity contribution is 0.177. The standard InChI is InChI=1S/C13H12ClFO3/c1-17-12-3-2-8(6-10(12)15)7-11(16)9-4-5-18-13(9)14/h2-6,11,16H,7H2,1H3. The Balaban J connectivity index is 2.15. The van der Waals surface area contributed by atoms with Crippen molar-refractivity contribution in [2.45, 2.75) is 12.5 Å². The monoisotopic (exact) mass is 270 g/mol. The SMILES string of the molecule is COc1ccc(CC(O)c2ccoc2Cl)cc1F. The van der Waals surface area contributed by atoms with Crippen molar-refractivity contribution >= 4 is 11.6 Å². The minimum absolute atomic E-state index is 0.150. The number of halogens is 2. The fourth-order valence-corrected chi connectivity index (χ4v) is 1.95. The van der Waals surface area contributed by atoms with Crippen LogP contribution in [0, 0.1) is 5.82 Å². The summed E-state index contributed by atoms with van der Waals surface area (Å²) in [4.78, 5) is 0. The molecule has 1 aromatic heterocycles. The van der Waals surface area contributed by atoms with Crippen LogP contribution in [0.2, 0.25) is 5.22 Å². The summed E-state index contributed by atoms with van der Waals surface area (Å²) in [6.07, 6.45) is 0.819. The first-order chi connectivity index (χ1) is 8.61. The first-order valence-corrected chi connectivity index (χ1v) is 5.73. The lowest BCUT2D eigenvalue weighted by Gasteiger charge is -2.10. The average molecular weight is 271 g/mol.